The number of H-pyrrole nitrogens is 1. The maximum atomic E-state index is 12.7. The molecule has 0 saturated carbocycles. The molecule has 0 bridgehead atoms. The fourth-order valence-electron chi connectivity index (χ4n) is 3.65. The number of anilines is 1. The number of nitrogens with zero attached hydrogens (tertiary/aromatic N) is 3. The van der Waals surface area contributed by atoms with Gasteiger partial charge in [0.15, 0.2) is 0 Å². The first-order chi connectivity index (χ1) is 12.1. The molecular weight excluding hydrogens is 314 g/mol. The molecule has 6 heteroatoms. The van der Waals surface area contributed by atoms with Crippen LogP contribution in [0.2, 0.25) is 0 Å². The van der Waals surface area contributed by atoms with Gasteiger partial charge in [0.05, 0.1) is 5.69 Å². The quantitative estimate of drug-likeness (QED) is 0.877. The zero-order valence-electron chi connectivity index (χ0n) is 15.3. The summed E-state index contributed by atoms with van der Waals surface area (Å²) in [5, 5.41) is 10.3. The van der Waals surface area contributed by atoms with Crippen molar-refractivity contribution in [3.63, 3.8) is 0 Å². The lowest BCUT2D eigenvalue weighted by Gasteiger charge is -2.33. The van der Waals surface area contributed by atoms with Crippen molar-refractivity contribution in [2.45, 2.75) is 45.4 Å². The Morgan fingerprint density at radius 1 is 1.44 bits per heavy atom. The molecule has 2 aromatic rings. The van der Waals surface area contributed by atoms with E-state index >= 15 is 0 Å². The Balaban J connectivity index is 1.61. The minimum atomic E-state index is 0.243. The van der Waals surface area contributed by atoms with E-state index in [1.165, 1.54) is 11.1 Å². The van der Waals surface area contributed by atoms with E-state index in [1.807, 2.05) is 32.0 Å². The number of aryl methyl sites for hydroxylation is 2. The lowest BCUT2D eigenvalue weighted by atomic mass is 9.91. The average molecular weight is 341 g/mol. The summed E-state index contributed by atoms with van der Waals surface area (Å²) in [6.07, 6.45) is 5.32. The third kappa shape index (κ3) is 4.00. The standard InChI is InChI=1S/C19H27N5O/c1-13-17(14(2)23-22-13)6-7-19(25)24-10-4-5-16(12-24)15-8-9-21-18(11-15)20-3/h8-9,11,16H,4-7,10,12H2,1-3H3,(H,20,21)(H,22,23)/t16-/m0/s1. The molecular formula is C19H27N5O. The van der Waals surface area contributed by atoms with E-state index in [4.69, 9.17) is 0 Å². The van der Waals surface area contributed by atoms with Crippen LogP contribution < -0.4 is 5.32 Å². The normalized spacial score (nSPS) is 17.6. The number of aromatic nitrogens is 3. The number of hydrogen-bond donors (Lipinski definition) is 2. The Labute approximate surface area is 149 Å². The predicted molar refractivity (Wildman–Crippen MR) is 98.7 cm³/mol. The van der Waals surface area contributed by atoms with Gasteiger partial charge in [0.2, 0.25) is 5.91 Å². The van der Waals surface area contributed by atoms with Gasteiger partial charge in [-0.05, 0) is 56.4 Å². The summed E-state index contributed by atoms with van der Waals surface area (Å²) in [5.74, 6) is 1.52. The van der Waals surface area contributed by atoms with E-state index in [2.05, 4.69) is 32.6 Å². The van der Waals surface area contributed by atoms with Crippen LogP contribution in [0.3, 0.4) is 0 Å². The van der Waals surface area contributed by atoms with Crippen molar-refractivity contribution >= 4 is 11.7 Å². The van der Waals surface area contributed by atoms with E-state index < -0.39 is 0 Å². The van der Waals surface area contributed by atoms with E-state index in [-0.39, 0.29) is 5.91 Å². The Morgan fingerprint density at radius 3 is 3.00 bits per heavy atom. The van der Waals surface area contributed by atoms with Crippen molar-refractivity contribution in [1.82, 2.24) is 20.1 Å². The number of hydrogen-bond acceptors (Lipinski definition) is 4. The molecule has 25 heavy (non-hydrogen) atoms. The summed E-state index contributed by atoms with van der Waals surface area (Å²) in [6, 6.07) is 4.16. The number of likely N-dealkylation sites (tertiary alicyclic amines) is 1. The van der Waals surface area contributed by atoms with Crippen molar-refractivity contribution < 1.29 is 4.79 Å². The van der Waals surface area contributed by atoms with Crippen LogP contribution in [0.25, 0.3) is 0 Å². The molecule has 1 fully saturated rings. The first-order valence-corrected chi connectivity index (χ1v) is 9.00. The third-order valence-electron chi connectivity index (χ3n) is 5.16. The molecule has 1 saturated heterocycles. The van der Waals surface area contributed by atoms with Crippen LogP contribution >= 0.6 is 0 Å². The molecule has 2 N–H and O–H groups in total. The molecule has 3 heterocycles. The molecule has 0 aliphatic carbocycles. The number of nitrogens with one attached hydrogen (secondary N) is 2. The first-order valence-electron chi connectivity index (χ1n) is 9.00. The van der Waals surface area contributed by atoms with Gasteiger partial charge in [-0.3, -0.25) is 9.89 Å². The Hall–Kier alpha value is -2.37. The highest BCUT2D eigenvalue weighted by atomic mass is 16.2. The fraction of sp³-hybridized carbons (Fsp3) is 0.526. The number of rotatable bonds is 5. The van der Waals surface area contributed by atoms with Crippen molar-refractivity contribution in [3.8, 4) is 0 Å². The monoisotopic (exact) mass is 341 g/mol. The van der Waals surface area contributed by atoms with Gasteiger partial charge in [0.1, 0.15) is 5.82 Å². The highest BCUT2D eigenvalue weighted by molar-refractivity contribution is 5.76. The smallest absolute Gasteiger partial charge is 0.222 e. The van der Waals surface area contributed by atoms with Crippen LogP contribution in [0.15, 0.2) is 18.3 Å². The van der Waals surface area contributed by atoms with Gasteiger partial charge in [0.25, 0.3) is 0 Å². The lowest BCUT2D eigenvalue weighted by molar-refractivity contribution is -0.132. The lowest BCUT2D eigenvalue weighted by Crippen LogP contribution is -2.39. The van der Waals surface area contributed by atoms with Crippen molar-refractivity contribution in [1.29, 1.82) is 0 Å². The Bertz CT molecular complexity index is 720. The molecule has 0 aromatic carbocycles. The number of amides is 1. The second-order valence-electron chi connectivity index (χ2n) is 6.82. The van der Waals surface area contributed by atoms with Gasteiger partial charge < -0.3 is 10.2 Å². The average Bonchev–Trinajstić information content (AvgIpc) is 2.97. The minimum absolute atomic E-state index is 0.243. The van der Waals surface area contributed by atoms with Gasteiger partial charge in [-0.2, -0.15) is 5.10 Å². The summed E-state index contributed by atoms with van der Waals surface area (Å²) in [4.78, 5) is 19.0. The van der Waals surface area contributed by atoms with Crippen LogP contribution in [0.4, 0.5) is 5.82 Å². The molecule has 3 rings (SSSR count). The molecule has 1 amide bonds. The molecule has 6 nitrogen and oxygen atoms in total. The zero-order chi connectivity index (χ0) is 17.8. The van der Waals surface area contributed by atoms with Crippen molar-refractivity contribution in [3.05, 3.63) is 40.8 Å². The molecule has 1 atom stereocenters. The van der Waals surface area contributed by atoms with Crippen LogP contribution in [-0.4, -0.2) is 46.1 Å². The molecule has 0 unspecified atom stereocenters. The third-order valence-corrected chi connectivity index (χ3v) is 5.16. The predicted octanol–water partition coefficient (Wildman–Crippen LogP) is 2.80. The first kappa shape index (κ1) is 17.5. The fourth-order valence-corrected chi connectivity index (χ4v) is 3.65. The van der Waals surface area contributed by atoms with E-state index in [0.29, 0.717) is 12.3 Å². The maximum Gasteiger partial charge on any atom is 0.222 e. The van der Waals surface area contributed by atoms with E-state index in [0.717, 1.165) is 49.6 Å². The van der Waals surface area contributed by atoms with Crippen molar-refractivity contribution in [2.75, 3.05) is 25.5 Å². The van der Waals surface area contributed by atoms with Crippen molar-refractivity contribution in [2.24, 2.45) is 0 Å². The van der Waals surface area contributed by atoms with E-state index in [1.54, 1.807) is 0 Å². The summed E-state index contributed by atoms with van der Waals surface area (Å²) in [5.41, 5.74) is 4.50. The van der Waals surface area contributed by atoms with Crippen LogP contribution in [0, 0.1) is 13.8 Å². The van der Waals surface area contributed by atoms with Crippen LogP contribution in [0.1, 0.15) is 47.7 Å². The number of carbonyl (C=O) groups excluding carboxylic acids is 1. The van der Waals surface area contributed by atoms with Gasteiger partial charge in [0, 0.05) is 44.4 Å². The summed E-state index contributed by atoms with van der Waals surface area (Å²) in [6.45, 7) is 5.67. The van der Waals surface area contributed by atoms with Gasteiger partial charge in [-0.1, -0.05) is 0 Å². The Kier molecular flexibility index (Phi) is 5.36. The molecule has 0 spiro atoms. The SMILES string of the molecule is CNc1cc([C@H]2CCCN(C(=O)CCc3c(C)n[nH]c3C)C2)ccn1. The molecule has 1 aliphatic rings. The second-order valence-corrected chi connectivity index (χ2v) is 6.82. The van der Waals surface area contributed by atoms with E-state index in [9.17, 15) is 4.79 Å². The number of piperidine rings is 1. The highest BCUT2D eigenvalue weighted by Gasteiger charge is 2.25. The number of pyridine rings is 1. The number of aromatic amines is 1. The highest BCUT2D eigenvalue weighted by Crippen LogP contribution is 2.28. The van der Waals surface area contributed by atoms with Gasteiger partial charge >= 0.3 is 0 Å². The largest absolute Gasteiger partial charge is 0.373 e. The van der Waals surface area contributed by atoms with Gasteiger partial charge in [-0.25, -0.2) is 4.98 Å². The summed E-state index contributed by atoms with van der Waals surface area (Å²) < 4.78 is 0. The zero-order valence-corrected chi connectivity index (χ0v) is 15.3. The molecule has 2 aromatic heterocycles. The topological polar surface area (TPSA) is 73.9 Å². The minimum Gasteiger partial charge on any atom is -0.373 e. The van der Waals surface area contributed by atoms with Crippen LogP contribution in [0.5, 0.6) is 0 Å². The number of carbonyl (C=O) groups is 1. The summed E-state index contributed by atoms with van der Waals surface area (Å²) >= 11 is 0. The second kappa shape index (κ2) is 7.68. The molecule has 134 valence electrons. The summed E-state index contributed by atoms with van der Waals surface area (Å²) in [7, 11) is 1.88. The van der Waals surface area contributed by atoms with Gasteiger partial charge in [-0.15, -0.1) is 0 Å². The Morgan fingerprint density at radius 2 is 2.28 bits per heavy atom. The molecule has 0 radical (unpaired) electrons. The van der Waals surface area contributed by atoms with Crippen LogP contribution in [-0.2, 0) is 11.2 Å². The maximum absolute atomic E-state index is 12.7. The molecule has 1 aliphatic heterocycles.